The first-order valence-electron chi connectivity index (χ1n) is 12.1. The number of imidazole rings is 1. The number of amidine groups is 1. The molecule has 1 heterocycles. The normalized spacial score (nSPS) is 11.1. The van der Waals surface area contributed by atoms with Crippen LogP contribution in [0.1, 0.15) is 41.4 Å². The molecule has 0 aliphatic carbocycles. The standard InChI is InChI=1S/C28H30N6O4.2ClH/c1-17-22(38-28(36)34(16-6-9-23(35)37-2)20-7-4-3-5-8-20)15-14-21-25(17)33-27(32-21)24(29)18-10-12-19(13-11-18)26(30)31;;/h3-5,7-8,10-15,24H,6,9,16,29H2,1-2H3,(H3,30,31)(H,32,33);2*1H. The van der Waals surface area contributed by atoms with Gasteiger partial charge in [-0.3, -0.25) is 15.1 Å². The number of carbonyl (C=O) groups excluding carboxylic acids is 2. The number of aromatic amines is 1. The lowest BCUT2D eigenvalue weighted by atomic mass is 10.0. The molecule has 3 aromatic carbocycles. The third-order valence-corrected chi connectivity index (χ3v) is 6.23. The van der Waals surface area contributed by atoms with Crippen molar-refractivity contribution < 1.29 is 19.1 Å². The minimum absolute atomic E-state index is 0. The number of nitrogens with zero attached hydrogens (tertiary/aromatic N) is 2. The average molecular weight is 588 g/mol. The van der Waals surface area contributed by atoms with Crippen LogP contribution in [-0.4, -0.2) is 41.5 Å². The molecule has 1 atom stereocenters. The fourth-order valence-electron chi connectivity index (χ4n) is 4.07. The van der Waals surface area contributed by atoms with Crippen LogP contribution < -0.4 is 21.1 Å². The third-order valence-electron chi connectivity index (χ3n) is 6.23. The van der Waals surface area contributed by atoms with Gasteiger partial charge in [-0.05, 0) is 43.2 Å². The first-order chi connectivity index (χ1) is 18.3. The molecular formula is C28H32Cl2N6O4. The van der Waals surface area contributed by atoms with E-state index in [1.54, 1.807) is 36.4 Å². The van der Waals surface area contributed by atoms with Gasteiger partial charge in [0.1, 0.15) is 17.4 Å². The molecule has 0 spiro atoms. The smallest absolute Gasteiger partial charge is 0.419 e. The first-order valence-corrected chi connectivity index (χ1v) is 12.1. The lowest BCUT2D eigenvalue weighted by Crippen LogP contribution is -2.34. The van der Waals surface area contributed by atoms with Crippen LogP contribution in [0, 0.1) is 12.3 Å². The van der Waals surface area contributed by atoms with E-state index >= 15 is 0 Å². The van der Waals surface area contributed by atoms with Crippen LogP contribution in [0.15, 0.2) is 66.7 Å². The number of nitrogens with two attached hydrogens (primary N) is 2. The summed E-state index contributed by atoms with van der Waals surface area (Å²) in [7, 11) is 1.34. The lowest BCUT2D eigenvalue weighted by molar-refractivity contribution is -0.140. The van der Waals surface area contributed by atoms with Gasteiger partial charge in [-0.25, -0.2) is 9.78 Å². The molecule has 40 heavy (non-hydrogen) atoms. The van der Waals surface area contributed by atoms with Gasteiger partial charge in [-0.15, -0.1) is 24.8 Å². The number of hydrogen-bond acceptors (Lipinski definition) is 7. The van der Waals surface area contributed by atoms with Crippen molar-refractivity contribution in [3.05, 3.63) is 89.2 Å². The molecule has 1 amide bonds. The van der Waals surface area contributed by atoms with Crippen molar-refractivity contribution in [1.82, 2.24) is 9.97 Å². The van der Waals surface area contributed by atoms with Crippen molar-refractivity contribution in [3.63, 3.8) is 0 Å². The summed E-state index contributed by atoms with van der Waals surface area (Å²) in [4.78, 5) is 34.2. The van der Waals surface area contributed by atoms with E-state index in [4.69, 9.17) is 31.3 Å². The Morgan fingerprint density at radius 2 is 1.73 bits per heavy atom. The van der Waals surface area contributed by atoms with Crippen LogP contribution in [0.4, 0.5) is 10.5 Å². The van der Waals surface area contributed by atoms with Crippen LogP contribution in [0.2, 0.25) is 0 Å². The summed E-state index contributed by atoms with van der Waals surface area (Å²) in [6.07, 6.45) is 0.0377. The summed E-state index contributed by atoms with van der Waals surface area (Å²) in [5.74, 6) is 0.570. The number of nitrogens with one attached hydrogen (secondary N) is 2. The molecular weight excluding hydrogens is 555 g/mol. The number of para-hydroxylation sites is 1. The Balaban J connectivity index is 0.00000280. The highest BCUT2D eigenvalue weighted by molar-refractivity contribution is 5.95. The van der Waals surface area contributed by atoms with E-state index in [1.165, 1.54) is 12.0 Å². The van der Waals surface area contributed by atoms with E-state index in [-0.39, 0.29) is 49.6 Å². The Hall–Kier alpha value is -4.12. The molecule has 0 aliphatic rings. The maximum absolute atomic E-state index is 13.2. The quantitative estimate of drug-likeness (QED) is 0.122. The second-order valence-electron chi connectivity index (χ2n) is 8.76. The van der Waals surface area contributed by atoms with Gasteiger partial charge in [0.05, 0.1) is 24.2 Å². The number of fused-ring (bicyclic) bond motifs is 1. The highest BCUT2D eigenvalue weighted by Crippen LogP contribution is 2.29. The highest BCUT2D eigenvalue weighted by Gasteiger charge is 2.21. The Bertz CT molecular complexity index is 1460. The summed E-state index contributed by atoms with van der Waals surface area (Å²) in [5.41, 5.74) is 16.1. The van der Waals surface area contributed by atoms with Crippen molar-refractivity contribution in [2.45, 2.75) is 25.8 Å². The number of esters is 1. The second-order valence-corrected chi connectivity index (χ2v) is 8.76. The summed E-state index contributed by atoms with van der Waals surface area (Å²) in [6.45, 7) is 2.11. The molecule has 4 rings (SSSR count). The lowest BCUT2D eigenvalue weighted by Gasteiger charge is -2.22. The van der Waals surface area contributed by atoms with Crippen LogP contribution in [-0.2, 0) is 9.53 Å². The van der Waals surface area contributed by atoms with Gasteiger partial charge in [0, 0.05) is 29.8 Å². The summed E-state index contributed by atoms with van der Waals surface area (Å²) in [6, 6.07) is 19.2. The Kier molecular flexibility index (Phi) is 11.5. The van der Waals surface area contributed by atoms with Crippen LogP contribution in [0.5, 0.6) is 5.75 Å². The molecule has 1 unspecified atom stereocenters. The number of amides is 1. The second kappa shape index (κ2) is 14.3. The predicted molar refractivity (Wildman–Crippen MR) is 160 cm³/mol. The molecule has 0 aliphatic heterocycles. The molecule has 0 bridgehead atoms. The number of aromatic nitrogens is 2. The molecule has 6 N–H and O–H groups in total. The Morgan fingerprint density at radius 1 is 1.05 bits per heavy atom. The number of rotatable bonds is 9. The summed E-state index contributed by atoms with van der Waals surface area (Å²) >= 11 is 0. The van der Waals surface area contributed by atoms with E-state index in [2.05, 4.69) is 4.98 Å². The van der Waals surface area contributed by atoms with Crippen molar-refractivity contribution in [3.8, 4) is 5.75 Å². The van der Waals surface area contributed by atoms with E-state index in [0.717, 1.165) is 11.1 Å². The van der Waals surface area contributed by atoms with Gasteiger partial charge in [0.2, 0.25) is 0 Å². The Labute approximate surface area is 244 Å². The number of H-pyrrole nitrogens is 1. The maximum atomic E-state index is 13.2. The Morgan fingerprint density at radius 3 is 2.35 bits per heavy atom. The topological polar surface area (TPSA) is 160 Å². The first kappa shape index (κ1) is 32.1. The van der Waals surface area contributed by atoms with E-state index in [0.29, 0.717) is 40.3 Å². The molecule has 0 fully saturated rings. The van der Waals surface area contributed by atoms with E-state index in [1.807, 2.05) is 37.3 Å². The number of anilines is 1. The van der Waals surface area contributed by atoms with Gasteiger partial charge in [0.15, 0.2) is 0 Å². The number of ether oxygens (including phenoxy) is 2. The minimum atomic E-state index is -0.568. The maximum Gasteiger partial charge on any atom is 0.419 e. The SMILES string of the molecule is COC(=O)CCCN(C(=O)Oc1ccc2[nH]c(C(N)c3ccc(C(=N)N)cc3)nc2c1C)c1ccccc1.Cl.Cl. The van der Waals surface area contributed by atoms with Crippen molar-refractivity contribution in [1.29, 1.82) is 5.41 Å². The average Bonchev–Trinajstić information content (AvgIpc) is 3.38. The molecule has 0 saturated carbocycles. The third kappa shape index (κ3) is 7.29. The number of methoxy groups -OCH3 is 1. The fourth-order valence-corrected chi connectivity index (χ4v) is 4.07. The van der Waals surface area contributed by atoms with Gasteiger partial charge in [0.25, 0.3) is 0 Å². The number of nitrogen functional groups attached to an aromatic ring is 1. The highest BCUT2D eigenvalue weighted by atomic mass is 35.5. The molecule has 0 saturated heterocycles. The summed E-state index contributed by atoms with van der Waals surface area (Å²) in [5, 5.41) is 7.55. The number of halogens is 2. The molecule has 212 valence electrons. The van der Waals surface area contributed by atoms with Gasteiger partial charge >= 0.3 is 12.1 Å². The number of aryl methyl sites for hydroxylation is 1. The molecule has 10 nitrogen and oxygen atoms in total. The number of carbonyl (C=O) groups is 2. The zero-order chi connectivity index (χ0) is 27.2. The summed E-state index contributed by atoms with van der Waals surface area (Å²) < 4.78 is 10.5. The zero-order valence-electron chi connectivity index (χ0n) is 22.0. The van der Waals surface area contributed by atoms with Crippen LogP contribution in [0.25, 0.3) is 11.0 Å². The van der Waals surface area contributed by atoms with Crippen molar-refractivity contribution in [2.24, 2.45) is 11.5 Å². The minimum Gasteiger partial charge on any atom is -0.469 e. The van der Waals surface area contributed by atoms with Crippen LogP contribution >= 0.6 is 24.8 Å². The monoisotopic (exact) mass is 586 g/mol. The van der Waals surface area contributed by atoms with Crippen LogP contribution in [0.3, 0.4) is 0 Å². The molecule has 4 aromatic rings. The molecule has 0 radical (unpaired) electrons. The van der Waals surface area contributed by atoms with Crippen molar-refractivity contribution in [2.75, 3.05) is 18.6 Å². The van der Waals surface area contributed by atoms with Gasteiger partial charge < -0.3 is 25.9 Å². The van der Waals surface area contributed by atoms with E-state index in [9.17, 15) is 9.59 Å². The van der Waals surface area contributed by atoms with E-state index < -0.39 is 12.1 Å². The fraction of sp³-hybridized carbons (Fsp3) is 0.214. The number of hydrogen-bond donors (Lipinski definition) is 4. The van der Waals surface area contributed by atoms with Crippen molar-refractivity contribution >= 4 is 59.4 Å². The van der Waals surface area contributed by atoms with Gasteiger partial charge in [-0.2, -0.15) is 0 Å². The predicted octanol–water partition coefficient (Wildman–Crippen LogP) is 5.01. The largest absolute Gasteiger partial charge is 0.469 e. The molecule has 12 heteroatoms. The van der Waals surface area contributed by atoms with Gasteiger partial charge in [-0.1, -0.05) is 42.5 Å². The molecule has 1 aromatic heterocycles. The number of benzene rings is 3. The zero-order valence-corrected chi connectivity index (χ0v) is 23.7.